The fourth-order valence-corrected chi connectivity index (χ4v) is 2.76. The van der Waals surface area contributed by atoms with Crippen LogP contribution >= 0.6 is 0 Å². The molecule has 20 heavy (non-hydrogen) atoms. The van der Waals surface area contributed by atoms with Gasteiger partial charge in [-0.15, -0.1) is 0 Å². The molecule has 0 radical (unpaired) electrons. The van der Waals surface area contributed by atoms with Gasteiger partial charge in [0.25, 0.3) is 5.91 Å². The van der Waals surface area contributed by atoms with Crippen LogP contribution in [0.4, 0.5) is 4.79 Å². The second kappa shape index (κ2) is 4.48. The third kappa shape index (κ3) is 1.83. The van der Waals surface area contributed by atoms with Crippen LogP contribution < -0.4 is 5.73 Å². The number of nitrogens with zero attached hydrogens (tertiary/aromatic N) is 4. The highest BCUT2D eigenvalue weighted by molar-refractivity contribution is 5.94. The van der Waals surface area contributed by atoms with Crippen molar-refractivity contribution in [3.05, 3.63) is 17.0 Å². The van der Waals surface area contributed by atoms with Crippen molar-refractivity contribution in [3.63, 3.8) is 0 Å². The predicted molar refractivity (Wildman–Crippen MR) is 68.6 cm³/mol. The van der Waals surface area contributed by atoms with Gasteiger partial charge in [-0.05, 0) is 6.92 Å². The minimum absolute atomic E-state index is 0.0109. The molecule has 3 amide bonds. The van der Waals surface area contributed by atoms with E-state index in [1.54, 1.807) is 16.6 Å². The number of hydrogen-bond acceptors (Lipinski definition) is 4. The van der Waals surface area contributed by atoms with Crippen molar-refractivity contribution in [2.24, 2.45) is 5.73 Å². The standard InChI is InChI=1S/C12H17N5O3/c1-7-5-9-8(6-16(7)12(13)19)10-11(18)15(2)20-4-3-17(10)14-9/h7H,3-6H2,1-2H3,(H2,13,19). The molecule has 0 fully saturated rings. The minimum Gasteiger partial charge on any atom is -0.351 e. The van der Waals surface area contributed by atoms with Crippen molar-refractivity contribution in [2.45, 2.75) is 32.5 Å². The van der Waals surface area contributed by atoms with Crippen LogP contribution in [0.25, 0.3) is 0 Å². The fraction of sp³-hybridized carbons (Fsp3) is 0.583. The number of aromatic nitrogens is 2. The van der Waals surface area contributed by atoms with Crippen LogP contribution in [0, 0.1) is 0 Å². The zero-order valence-corrected chi connectivity index (χ0v) is 11.5. The summed E-state index contributed by atoms with van der Waals surface area (Å²) < 4.78 is 1.67. The number of carbonyl (C=O) groups excluding carboxylic acids is 2. The number of fused-ring (bicyclic) bond motifs is 3. The van der Waals surface area contributed by atoms with E-state index in [0.29, 0.717) is 31.8 Å². The number of carbonyl (C=O) groups is 2. The molecule has 3 heterocycles. The highest BCUT2D eigenvalue weighted by Gasteiger charge is 2.35. The summed E-state index contributed by atoms with van der Waals surface area (Å²) in [5.74, 6) is -0.241. The molecule has 1 atom stereocenters. The van der Waals surface area contributed by atoms with E-state index in [9.17, 15) is 9.59 Å². The number of amides is 3. The molecule has 3 rings (SSSR count). The number of rotatable bonds is 0. The van der Waals surface area contributed by atoms with Gasteiger partial charge >= 0.3 is 6.03 Å². The Labute approximate surface area is 116 Å². The van der Waals surface area contributed by atoms with Crippen molar-refractivity contribution in [3.8, 4) is 0 Å². The Morgan fingerprint density at radius 2 is 2.25 bits per heavy atom. The van der Waals surface area contributed by atoms with Crippen LogP contribution in [0.1, 0.15) is 28.7 Å². The molecular formula is C12H17N5O3. The third-order valence-electron chi connectivity index (χ3n) is 3.84. The molecule has 2 aliphatic heterocycles. The molecule has 1 aromatic heterocycles. The lowest BCUT2D eigenvalue weighted by molar-refractivity contribution is -0.103. The quantitative estimate of drug-likeness (QED) is 0.707. The zero-order chi connectivity index (χ0) is 14.4. The van der Waals surface area contributed by atoms with Gasteiger partial charge < -0.3 is 10.6 Å². The van der Waals surface area contributed by atoms with Gasteiger partial charge in [0.05, 0.1) is 25.4 Å². The predicted octanol–water partition coefficient (Wildman–Crippen LogP) is -0.274. The van der Waals surface area contributed by atoms with Gasteiger partial charge in [-0.2, -0.15) is 5.10 Å². The summed E-state index contributed by atoms with van der Waals surface area (Å²) in [6, 6.07) is -0.489. The van der Waals surface area contributed by atoms with Crippen LogP contribution in [0.5, 0.6) is 0 Å². The van der Waals surface area contributed by atoms with Gasteiger partial charge in [0, 0.05) is 25.1 Å². The van der Waals surface area contributed by atoms with E-state index < -0.39 is 6.03 Å². The molecule has 0 saturated carbocycles. The van der Waals surface area contributed by atoms with Gasteiger partial charge in [-0.1, -0.05) is 0 Å². The first kappa shape index (κ1) is 12.9. The average Bonchev–Trinajstić information content (AvgIpc) is 2.66. The summed E-state index contributed by atoms with van der Waals surface area (Å²) in [6.07, 6.45) is 0.607. The number of hydrogen-bond donors (Lipinski definition) is 1. The number of nitrogens with two attached hydrogens (primary N) is 1. The lowest BCUT2D eigenvalue weighted by atomic mass is 9.99. The molecule has 0 aromatic carbocycles. The maximum Gasteiger partial charge on any atom is 0.315 e. The van der Waals surface area contributed by atoms with Crippen molar-refractivity contribution in [1.82, 2.24) is 19.7 Å². The Kier molecular flexibility index (Phi) is 2.89. The van der Waals surface area contributed by atoms with Crippen LogP contribution in [-0.2, 0) is 24.3 Å². The molecule has 8 heteroatoms. The molecule has 0 saturated heterocycles. The number of primary amides is 1. The topological polar surface area (TPSA) is 93.7 Å². The summed E-state index contributed by atoms with van der Waals surface area (Å²) in [5, 5.41) is 5.71. The monoisotopic (exact) mass is 279 g/mol. The molecule has 1 aromatic rings. The van der Waals surface area contributed by atoms with E-state index >= 15 is 0 Å². The Balaban J connectivity index is 2.06. The second-order valence-electron chi connectivity index (χ2n) is 5.15. The number of urea groups is 1. The highest BCUT2D eigenvalue weighted by Crippen LogP contribution is 2.27. The smallest absolute Gasteiger partial charge is 0.315 e. The molecular weight excluding hydrogens is 262 g/mol. The summed E-state index contributed by atoms with van der Waals surface area (Å²) in [4.78, 5) is 30.6. The summed E-state index contributed by atoms with van der Waals surface area (Å²) in [6.45, 7) is 3.16. The Morgan fingerprint density at radius 1 is 1.50 bits per heavy atom. The lowest BCUT2D eigenvalue weighted by Gasteiger charge is -2.31. The van der Waals surface area contributed by atoms with E-state index in [-0.39, 0.29) is 11.9 Å². The Morgan fingerprint density at radius 3 is 2.95 bits per heavy atom. The van der Waals surface area contributed by atoms with Crippen molar-refractivity contribution in [1.29, 1.82) is 0 Å². The van der Waals surface area contributed by atoms with Gasteiger partial charge in [-0.3, -0.25) is 14.3 Å². The van der Waals surface area contributed by atoms with Gasteiger partial charge in [0.2, 0.25) is 0 Å². The third-order valence-corrected chi connectivity index (χ3v) is 3.84. The molecule has 0 aliphatic carbocycles. The minimum atomic E-state index is -0.478. The average molecular weight is 279 g/mol. The molecule has 1 unspecified atom stereocenters. The normalized spacial score (nSPS) is 22.3. The number of hydroxylamine groups is 2. The SMILES string of the molecule is CC1Cc2nn3c(c2CN1C(N)=O)C(=O)N(C)OCC3. The van der Waals surface area contributed by atoms with Crippen molar-refractivity contribution < 1.29 is 14.4 Å². The first-order chi connectivity index (χ1) is 9.49. The van der Waals surface area contributed by atoms with Crippen LogP contribution in [0.2, 0.25) is 0 Å². The van der Waals surface area contributed by atoms with E-state index in [2.05, 4.69) is 5.10 Å². The molecule has 0 spiro atoms. The summed E-state index contributed by atoms with van der Waals surface area (Å²) >= 11 is 0. The Hall–Kier alpha value is -2.09. The second-order valence-corrected chi connectivity index (χ2v) is 5.15. The van der Waals surface area contributed by atoms with Crippen molar-refractivity contribution >= 4 is 11.9 Å². The van der Waals surface area contributed by atoms with Gasteiger partial charge in [0.15, 0.2) is 0 Å². The summed E-state index contributed by atoms with van der Waals surface area (Å²) in [7, 11) is 1.58. The van der Waals surface area contributed by atoms with E-state index in [0.717, 1.165) is 11.3 Å². The van der Waals surface area contributed by atoms with E-state index in [1.165, 1.54) is 5.06 Å². The molecule has 2 N–H and O–H groups in total. The maximum atomic E-state index is 12.3. The lowest BCUT2D eigenvalue weighted by Crippen LogP contribution is -2.45. The van der Waals surface area contributed by atoms with Crippen LogP contribution in [-0.4, -0.2) is 51.4 Å². The van der Waals surface area contributed by atoms with E-state index in [4.69, 9.17) is 10.6 Å². The zero-order valence-electron chi connectivity index (χ0n) is 11.5. The summed E-state index contributed by atoms with van der Waals surface area (Å²) in [5.41, 5.74) is 7.54. The van der Waals surface area contributed by atoms with Gasteiger partial charge in [-0.25, -0.2) is 9.86 Å². The fourth-order valence-electron chi connectivity index (χ4n) is 2.76. The molecule has 108 valence electrons. The first-order valence-electron chi connectivity index (χ1n) is 6.54. The van der Waals surface area contributed by atoms with Crippen LogP contribution in [0.3, 0.4) is 0 Å². The highest BCUT2D eigenvalue weighted by atomic mass is 16.7. The van der Waals surface area contributed by atoms with Crippen LogP contribution in [0.15, 0.2) is 0 Å². The maximum absolute atomic E-state index is 12.3. The molecule has 2 aliphatic rings. The molecule has 0 bridgehead atoms. The Bertz CT molecular complexity index is 582. The first-order valence-corrected chi connectivity index (χ1v) is 6.54. The molecule has 8 nitrogen and oxygen atoms in total. The van der Waals surface area contributed by atoms with Crippen molar-refractivity contribution in [2.75, 3.05) is 13.7 Å². The van der Waals surface area contributed by atoms with Gasteiger partial charge in [0.1, 0.15) is 5.69 Å². The van der Waals surface area contributed by atoms with E-state index in [1.807, 2.05) is 6.92 Å². The largest absolute Gasteiger partial charge is 0.351 e.